The second-order valence-electron chi connectivity index (χ2n) is 46.5. The number of nitrogens with one attached hydrogen (secondary N) is 1. The summed E-state index contributed by atoms with van der Waals surface area (Å²) in [6.45, 7) is 83.2. The monoisotopic (exact) mass is 1850 g/mol. The number of aromatic nitrogens is 11. The molecule has 16 heteroatoms. The normalized spacial score (nSPS) is 12.9. The van der Waals surface area contributed by atoms with Gasteiger partial charge >= 0.3 is 0 Å². The number of benzene rings is 4. The first kappa shape index (κ1) is 115. The summed E-state index contributed by atoms with van der Waals surface area (Å²) in [7, 11) is 1.68. The van der Waals surface area contributed by atoms with Crippen LogP contribution >= 0.6 is 11.3 Å². The summed E-state index contributed by atoms with van der Waals surface area (Å²) in [4.78, 5) is 41.1. The van der Waals surface area contributed by atoms with Gasteiger partial charge in [-0.3, -0.25) is 24.2 Å². The molecule has 0 atom stereocenters. The van der Waals surface area contributed by atoms with Crippen molar-refractivity contribution in [3.63, 3.8) is 0 Å². The summed E-state index contributed by atoms with van der Waals surface area (Å²) in [6.07, 6.45) is 46.1. The third-order valence-electron chi connectivity index (χ3n) is 21.8. The molecule has 0 saturated heterocycles. The number of nitrogens with zero attached hydrogens (tertiary/aromatic N) is 12. The van der Waals surface area contributed by atoms with Crippen molar-refractivity contribution in [2.24, 2.45) is 28.8 Å². The van der Waals surface area contributed by atoms with E-state index < -0.39 is 0 Å². The number of imidazole rings is 3. The highest BCUT2D eigenvalue weighted by Gasteiger charge is 2.23. The van der Waals surface area contributed by atoms with Crippen LogP contribution in [-0.4, -0.2) is 59.0 Å². The minimum atomic E-state index is -0.0764. The highest BCUT2D eigenvalue weighted by molar-refractivity contribution is 7.10. The Labute approximate surface area is 823 Å². The Morgan fingerprint density at radius 1 is 0.426 bits per heavy atom. The van der Waals surface area contributed by atoms with E-state index in [1.165, 1.54) is 71.1 Å². The van der Waals surface area contributed by atoms with E-state index in [2.05, 4.69) is 498 Å². The third-order valence-corrected chi connectivity index (χ3v) is 23.1. The molecule has 0 radical (unpaired) electrons. The number of dihydropyridines is 1. The van der Waals surface area contributed by atoms with Crippen molar-refractivity contribution in [2.45, 2.75) is 311 Å². The van der Waals surface area contributed by atoms with Crippen molar-refractivity contribution < 1.29 is 4.52 Å². The van der Waals surface area contributed by atoms with Crippen LogP contribution in [0.2, 0.25) is 0 Å². The number of allylic oxidation sites excluding steroid dienone is 7. The zero-order valence-electron chi connectivity index (χ0n) is 90.0. The number of rotatable bonds is 0. The molecule has 0 fully saturated rings. The predicted molar refractivity (Wildman–Crippen MR) is 586 cm³/mol. The van der Waals surface area contributed by atoms with Crippen LogP contribution in [0.1, 0.15) is 311 Å². The molecule has 0 saturated carbocycles. The number of thiophene rings is 1. The lowest BCUT2D eigenvalue weighted by Crippen LogP contribution is -2.15. The molecule has 17 rings (SSSR count). The lowest BCUT2D eigenvalue weighted by Gasteiger charge is -2.22. The van der Waals surface area contributed by atoms with Gasteiger partial charge in [0.2, 0.25) is 5.78 Å². The lowest BCUT2D eigenvalue weighted by molar-refractivity contribution is 0.416. The molecule has 1 aliphatic carbocycles. The van der Waals surface area contributed by atoms with E-state index in [9.17, 15) is 4.79 Å². The topological polar surface area (TPSA) is 163 Å². The second kappa shape index (κ2) is 50.9. The maximum absolute atomic E-state index is 10.5. The van der Waals surface area contributed by atoms with Crippen LogP contribution in [-0.2, 0) is 62.2 Å². The molecule has 14 aromatic rings. The van der Waals surface area contributed by atoms with Gasteiger partial charge in [0.05, 0.1) is 23.6 Å². The van der Waals surface area contributed by atoms with E-state index in [4.69, 9.17) is 4.52 Å². The minimum Gasteiger partial charge on any atom is -0.364 e. The maximum Gasteiger partial charge on any atom is 0.268 e. The minimum absolute atomic E-state index is 0.0764. The van der Waals surface area contributed by atoms with Crippen LogP contribution in [0.3, 0.4) is 0 Å². The van der Waals surface area contributed by atoms with Crippen LogP contribution in [0, 0.1) is 16.7 Å². The number of hydrogen-bond donors (Lipinski definition) is 1. The number of fused-ring (bicyclic) bond motifs is 5. The fraction of sp³-hybridized carbons (Fsp3) is 0.425. The molecule has 0 bridgehead atoms. The largest absolute Gasteiger partial charge is 0.364 e. The zero-order chi connectivity index (χ0) is 102. The Morgan fingerprint density at radius 2 is 0.919 bits per heavy atom. The van der Waals surface area contributed by atoms with Gasteiger partial charge in [0.15, 0.2) is 0 Å². The van der Waals surface area contributed by atoms with Gasteiger partial charge < -0.3 is 23.2 Å². The molecular formula is C120H167N13O2S. The van der Waals surface area contributed by atoms with Crippen molar-refractivity contribution in [3.05, 3.63) is 375 Å². The molecule has 2 aliphatic heterocycles. The summed E-state index contributed by atoms with van der Waals surface area (Å²) in [5, 5.41) is 10.1. The highest BCUT2D eigenvalue weighted by atomic mass is 32.1. The molecule has 3 aliphatic rings. The fourth-order valence-electron chi connectivity index (χ4n) is 12.7. The Morgan fingerprint density at radius 3 is 1.31 bits per heavy atom. The first-order valence-electron chi connectivity index (χ1n) is 47.8. The lowest BCUT2D eigenvalue weighted by atomic mass is 9.85. The first-order valence-corrected chi connectivity index (χ1v) is 48.7. The summed E-state index contributed by atoms with van der Waals surface area (Å²) < 4.78 is 12.2. The molecule has 12 heterocycles. The van der Waals surface area contributed by atoms with Crippen LogP contribution < -0.4 is 10.9 Å². The van der Waals surface area contributed by atoms with Crippen molar-refractivity contribution in [1.82, 2.24) is 58.1 Å². The van der Waals surface area contributed by atoms with Crippen molar-refractivity contribution in [1.29, 1.82) is 0 Å². The Hall–Kier alpha value is -11.8. The van der Waals surface area contributed by atoms with E-state index in [-0.39, 0.29) is 43.5 Å². The summed E-state index contributed by atoms with van der Waals surface area (Å²) in [6, 6.07) is 50.8. The van der Waals surface area contributed by atoms with Crippen LogP contribution in [0.5, 0.6) is 0 Å². The summed E-state index contributed by atoms with van der Waals surface area (Å²) >= 11 is 1.83. The first-order chi connectivity index (χ1) is 62.9. The van der Waals surface area contributed by atoms with Gasteiger partial charge in [0.25, 0.3) is 5.56 Å². The second-order valence-corrected chi connectivity index (χ2v) is 47.4. The molecule has 0 amide bonds. The van der Waals surface area contributed by atoms with E-state index in [0.29, 0.717) is 21.7 Å². The number of aryl methyl sites for hydroxylation is 1. The van der Waals surface area contributed by atoms with Crippen molar-refractivity contribution >= 4 is 51.2 Å². The smallest absolute Gasteiger partial charge is 0.268 e. The van der Waals surface area contributed by atoms with Gasteiger partial charge in [-0.15, -0.1) is 11.3 Å². The molecule has 10 aromatic heterocycles. The van der Waals surface area contributed by atoms with Gasteiger partial charge in [0.1, 0.15) is 17.6 Å². The standard InChI is InChI=1S/C13H15N.C12H15N.2C11H14N2.C10H13N3.C10H15N.2C10H14.C9H14.C8H12S.C7H11NO.C5H6N2O.C4H10/c1-13(2,3)11-8-9-14-12-7-5-4-6-10(11)12;1-12(2,3)10-5-4-9-6-7-13-11(9)8-10;2*1-11(2,3)9-4-5-10-12-6-7-13(10)8-9;1-10(2,3)8-6-12-9-11-4-5-13(9)7-8;1-8-5-6-9(7-11-8)10(2,3)4;2*1-10(2,3)9-7-5-4-6-8-9;1-9(2,3)8-6-4-5-7-8;1-8(2,3)7-5-4-6-9-7;1-7(2,3)6-4-8-9-5-6;1-7-3-2-6-4-5(7)8;1-4(2)3/h4-9H,1-3H3;4-5,7-8H,6H2,1-3H3;2*4-8H,1-3H3;4-7H,1-3H3;5-7,11H,1H2,2-4H3;2*4-8H,1-3H3;4-6H,7H2,1-3H3;4-6H,1-3H3;4-5H,1-3H3;2-4H,1H3;4H,1-3H3. The molecular weight excluding hydrogens is 1690 g/mol. The molecule has 1 N–H and O–H groups in total. The Balaban J connectivity index is 0.000000262. The Kier molecular flexibility index (Phi) is 42.9. The van der Waals surface area contributed by atoms with Crippen molar-refractivity contribution in [3.8, 4) is 0 Å². The summed E-state index contributed by atoms with van der Waals surface area (Å²) in [5.74, 6) is 1.59. The molecule has 4 aromatic carbocycles. The summed E-state index contributed by atoms with van der Waals surface area (Å²) in [5.41, 5.74) is 22.6. The van der Waals surface area contributed by atoms with Crippen LogP contribution in [0.4, 0.5) is 5.69 Å². The van der Waals surface area contributed by atoms with Crippen molar-refractivity contribution in [2.75, 3.05) is 0 Å². The Bertz CT molecular complexity index is 5800. The number of aliphatic imine (C=N–C) groups is 1. The van der Waals surface area contributed by atoms with Crippen LogP contribution in [0.15, 0.2) is 325 Å². The van der Waals surface area contributed by atoms with E-state index in [0.717, 1.165) is 58.3 Å². The molecule has 0 unspecified atom stereocenters. The average molecular weight is 1860 g/mol. The molecule has 15 nitrogen and oxygen atoms in total. The maximum atomic E-state index is 10.5. The van der Waals surface area contributed by atoms with Gasteiger partial charge in [-0.2, -0.15) is 0 Å². The number of para-hydroxylation sites is 1. The third kappa shape index (κ3) is 41.0. The number of hydrogen-bond acceptors (Lipinski definition) is 12. The van der Waals surface area contributed by atoms with E-state index in [1.54, 1.807) is 43.7 Å². The quantitative estimate of drug-likeness (QED) is 0.155. The predicted octanol–water partition coefficient (Wildman–Crippen LogP) is 32.0. The fourth-order valence-corrected chi connectivity index (χ4v) is 13.6. The zero-order valence-corrected chi connectivity index (χ0v) is 90.8. The number of pyridine rings is 3. The van der Waals surface area contributed by atoms with Gasteiger partial charge in [-0.05, 0) is 170 Å². The highest BCUT2D eigenvalue weighted by Crippen LogP contribution is 2.35. The van der Waals surface area contributed by atoms with E-state index in [1.807, 2.05) is 83.7 Å². The van der Waals surface area contributed by atoms with Crippen LogP contribution in [0.25, 0.3) is 28.0 Å². The molecule has 136 heavy (non-hydrogen) atoms. The molecule has 730 valence electrons. The van der Waals surface area contributed by atoms with Gasteiger partial charge in [-0.1, -0.05) is 400 Å². The SMILES string of the molecule is C=C1C=CC(C(C)(C)C)=CN1.CC(C)(C)C1=CC=CC1.CC(C)(C)c1ccc2c(c1)N=CC2.CC(C)(C)c1ccc2nccn2c1.CC(C)(C)c1ccc2nccn2c1.CC(C)(C)c1ccccc1.CC(C)(C)c1ccccc1.CC(C)(C)c1cccs1.CC(C)(C)c1ccnc2ccccc12.CC(C)(C)c1cnc2nccn2c1.CC(C)(C)c1cnoc1.CC(C)C.Cn1ccncc1=O. The van der Waals surface area contributed by atoms with Gasteiger partial charge in [0, 0.05) is 128 Å². The average Bonchev–Trinajstić information content (AvgIpc) is 1.13. The van der Waals surface area contributed by atoms with E-state index >= 15 is 0 Å². The molecule has 0 spiro atoms. The van der Waals surface area contributed by atoms with Gasteiger partial charge in [-0.25, -0.2) is 19.9 Å².